The van der Waals surface area contributed by atoms with Gasteiger partial charge in [0.15, 0.2) is 5.82 Å². The highest BCUT2D eigenvalue weighted by Gasteiger charge is 2.42. The van der Waals surface area contributed by atoms with E-state index in [-0.39, 0.29) is 0 Å². The monoisotopic (exact) mass is 261 g/mol. The summed E-state index contributed by atoms with van der Waals surface area (Å²) in [4.78, 5) is 4.56. The summed E-state index contributed by atoms with van der Waals surface area (Å²) in [7, 11) is 0. The number of nitrogens with zero attached hydrogens (tertiary/aromatic N) is 2. The molecule has 2 bridgehead atoms. The fraction of sp³-hybridized carbons (Fsp3) is 0.538. The first-order valence-corrected chi connectivity index (χ1v) is 7.36. The molecule has 0 amide bonds. The molecule has 2 aromatic rings. The number of anilines is 1. The number of nitrogen functional groups attached to an aromatic ring is 1. The lowest BCUT2D eigenvalue weighted by molar-refractivity contribution is 0.372. The van der Waals surface area contributed by atoms with Gasteiger partial charge in [-0.1, -0.05) is 11.6 Å². The molecular formula is C13H15N3OS. The summed E-state index contributed by atoms with van der Waals surface area (Å²) in [5, 5.41) is 6.88. The molecule has 0 radical (unpaired) electrons. The van der Waals surface area contributed by atoms with Crippen molar-refractivity contribution in [3.8, 4) is 11.5 Å². The van der Waals surface area contributed by atoms with Crippen LogP contribution in [0, 0.1) is 11.8 Å². The standard InChI is InChI=1S/C13H15N3OS/c14-11-9(3-4-18-11)13-15-12(16-17-13)10-6-7-1-2-8(10)5-7/h3-4,7-8,10H,1-2,5-6,14H2. The smallest absolute Gasteiger partial charge is 0.260 e. The molecule has 0 aromatic carbocycles. The SMILES string of the molecule is Nc1sccc1-c1nc(C2CC3CCC2C3)no1. The topological polar surface area (TPSA) is 64.9 Å². The predicted octanol–water partition coefficient (Wildman–Crippen LogP) is 3.28. The molecule has 2 fully saturated rings. The second-order valence-electron chi connectivity index (χ2n) is 5.44. The Morgan fingerprint density at radius 1 is 1.33 bits per heavy atom. The van der Waals surface area contributed by atoms with Gasteiger partial charge in [0.05, 0.1) is 10.6 Å². The van der Waals surface area contributed by atoms with Crippen LogP contribution in [-0.4, -0.2) is 10.1 Å². The summed E-state index contributed by atoms with van der Waals surface area (Å²) in [6.45, 7) is 0. The Kier molecular flexibility index (Phi) is 2.24. The normalized spacial score (nSPS) is 30.1. The van der Waals surface area contributed by atoms with E-state index in [1.165, 1.54) is 37.0 Å². The molecule has 2 saturated carbocycles. The molecule has 4 rings (SSSR count). The molecule has 2 heterocycles. The van der Waals surface area contributed by atoms with Crippen LogP contribution in [0.2, 0.25) is 0 Å². The number of nitrogens with two attached hydrogens (primary N) is 1. The van der Waals surface area contributed by atoms with E-state index < -0.39 is 0 Å². The minimum absolute atomic E-state index is 0.515. The molecule has 3 unspecified atom stereocenters. The molecule has 2 aromatic heterocycles. The van der Waals surface area contributed by atoms with E-state index in [0.717, 1.165) is 28.2 Å². The van der Waals surface area contributed by atoms with Crippen LogP contribution in [0.1, 0.15) is 37.4 Å². The van der Waals surface area contributed by atoms with Crippen LogP contribution >= 0.6 is 11.3 Å². The lowest BCUT2D eigenvalue weighted by Gasteiger charge is -2.17. The molecule has 18 heavy (non-hydrogen) atoms. The second-order valence-corrected chi connectivity index (χ2v) is 6.39. The van der Waals surface area contributed by atoms with Crippen LogP contribution in [0.5, 0.6) is 0 Å². The van der Waals surface area contributed by atoms with Crippen LogP contribution < -0.4 is 5.73 Å². The van der Waals surface area contributed by atoms with Gasteiger partial charge in [0, 0.05) is 5.92 Å². The van der Waals surface area contributed by atoms with E-state index in [9.17, 15) is 0 Å². The van der Waals surface area contributed by atoms with Crippen molar-refractivity contribution >= 4 is 16.3 Å². The van der Waals surface area contributed by atoms with Crippen molar-refractivity contribution in [2.45, 2.75) is 31.6 Å². The molecule has 0 saturated heterocycles. The first-order chi connectivity index (χ1) is 8.81. The van der Waals surface area contributed by atoms with Crippen molar-refractivity contribution in [2.75, 3.05) is 5.73 Å². The van der Waals surface area contributed by atoms with Crippen LogP contribution in [0.4, 0.5) is 5.00 Å². The van der Waals surface area contributed by atoms with Crippen molar-refractivity contribution in [3.63, 3.8) is 0 Å². The number of rotatable bonds is 2. The van der Waals surface area contributed by atoms with E-state index in [1.807, 2.05) is 11.4 Å². The third-order valence-electron chi connectivity index (χ3n) is 4.44. The van der Waals surface area contributed by atoms with Crippen molar-refractivity contribution < 1.29 is 4.52 Å². The fourth-order valence-electron chi connectivity index (χ4n) is 3.55. The number of hydrogen-bond donors (Lipinski definition) is 1. The lowest BCUT2D eigenvalue weighted by Crippen LogP contribution is -2.09. The van der Waals surface area contributed by atoms with Gasteiger partial charge in [-0.25, -0.2) is 0 Å². The van der Waals surface area contributed by atoms with E-state index in [2.05, 4.69) is 10.1 Å². The Balaban J connectivity index is 1.65. The van der Waals surface area contributed by atoms with E-state index in [1.54, 1.807) is 0 Å². The average Bonchev–Trinajstić information content (AvgIpc) is 3.12. The van der Waals surface area contributed by atoms with Gasteiger partial charge in [-0.2, -0.15) is 4.98 Å². The molecular weight excluding hydrogens is 246 g/mol. The number of aromatic nitrogens is 2. The van der Waals surface area contributed by atoms with Gasteiger partial charge in [-0.15, -0.1) is 11.3 Å². The summed E-state index contributed by atoms with van der Waals surface area (Å²) in [6, 6.07) is 1.94. The molecule has 5 heteroatoms. The Labute approximate surface area is 109 Å². The van der Waals surface area contributed by atoms with Crippen LogP contribution in [0.3, 0.4) is 0 Å². The first-order valence-electron chi connectivity index (χ1n) is 6.48. The first kappa shape index (κ1) is 10.6. The van der Waals surface area contributed by atoms with Crippen LogP contribution in [0.25, 0.3) is 11.5 Å². The van der Waals surface area contributed by atoms with Gasteiger partial charge in [0.1, 0.15) is 0 Å². The van der Waals surface area contributed by atoms with Gasteiger partial charge < -0.3 is 10.3 Å². The molecule has 0 spiro atoms. The number of thiophene rings is 1. The van der Waals surface area contributed by atoms with E-state index in [4.69, 9.17) is 10.3 Å². The molecule has 3 atom stereocenters. The minimum Gasteiger partial charge on any atom is -0.390 e. The maximum Gasteiger partial charge on any atom is 0.260 e. The third-order valence-corrected chi connectivity index (χ3v) is 5.18. The maximum atomic E-state index is 5.89. The Bertz CT molecular complexity index is 576. The number of fused-ring (bicyclic) bond motifs is 2. The zero-order chi connectivity index (χ0) is 12.1. The number of hydrogen-bond acceptors (Lipinski definition) is 5. The zero-order valence-corrected chi connectivity index (χ0v) is 10.8. The minimum atomic E-state index is 0.515. The summed E-state index contributed by atoms with van der Waals surface area (Å²) in [5.74, 6) is 3.66. The van der Waals surface area contributed by atoms with Crippen molar-refractivity contribution in [3.05, 3.63) is 17.3 Å². The summed E-state index contributed by atoms with van der Waals surface area (Å²) in [5.41, 5.74) is 6.76. The largest absolute Gasteiger partial charge is 0.390 e. The van der Waals surface area contributed by atoms with Gasteiger partial charge in [0.2, 0.25) is 0 Å². The fourth-order valence-corrected chi connectivity index (χ4v) is 4.19. The Morgan fingerprint density at radius 2 is 2.28 bits per heavy atom. The summed E-state index contributed by atoms with van der Waals surface area (Å²) < 4.78 is 5.38. The molecule has 2 N–H and O–H groups in total. The highest BCUT2D eigenvalue weighted by atomic mass is 32.1. The zero-order valence-electron chi connectivity index (χ0n) is 10.0. The predicted molar refractivity (Wildman–Crippen MR) is 70.2 cm³/mol. The average molecular weight is 261 g/mol. The van der Waals surface area contributed by atoms with Crippen molar-refractivity contribution in [2.24, 2.45) is 11.8 Å². The summed E-state index contributed by atoms with van der Waals surface area (Å²) in [6.07, 6.45) is 5.32. The maximum absolute atomic E-state index is 5.89. The summed E-state index contributed by atoms with van der Waals surface area (Å²) >= 11 is 1.50. The van der Waals surface area contributed by atoms with Crippen molar-refractivity contribution in [1.29, 1.82) is 0 Å². The third kappa shape index (κ3) is 1.50. The molecule has 2 aliphatic rings. The Morgan fingerprint density at radius 3 is 2.94 bits per heavy atom. The quantitative estimate of drug-likeness (QED) is 0.901. The van der Waals surface area contributed by atoms with Gasteiger partial charge in [-0.3, -0.25) is 0 Å². The van der Waals surface area contributed by atoms with E-state index in [0.29, 0.717) is 11.8 Å². The van der Waals surface area contributed by atoms with Gasteiger partial charge in [-0.05, 0) is 42.5 Å². The van der Waals surface area contributed by atoms with Gasteiger partial charge >= 0.3 is 0 Å². The highest BCUT2D eigenvalue weighted by Crippen LogP contribution is 2.52. The van der Waals surface area contributed by atoms with Crippen molar-refractivity contribution in [1.82, 2.24) is 10.1 Å². The molecule has 0 aliphatic heterocycles. The second kappa shape index (κ2) is 3.82. The Hall–Kier alpha value is -1.36. The molecule has 2 aliphatic carbocycles. The van der Waals surface area contributed by atoms with Crippen LogP contribution in [0.15, 0.2) is 16.0 Å². The molecule has 4 nitrogen and oxygen atoms in total. The van der Waals surface area contributed by atoms with E-state index >= 15 is 0 Å². The molecule has 94 valence electrons. The van der Waals surface area contributed by atoms with Gasteiger partial charge in [0.25, 0.3) is 5.89 Å². The lowest BCUT2D eigenvalue weighted by atomic mass is 9.88. The highest BCUT2D eigenvalue weighted by molar-refractivity contribution is 7.14. The van der Waals surface area contributed by atoms with Crippen LogP contribution in [-0.2, 0) is 0 Å².